The second-order valence-electron chi connectivity index (χ2n) is 7.17. The standard InChI is InChI=1S/C22H20N2O5/c1-22(2)9-8-16-18(29-22)7-4-13-11-19(28-20(13)16)21(26)24-23-12-14-10-15(27-3)5-6-17(14)25/h4-12,25H,1-3H3,(H,24,26)/b23-12+. The van der Waals surface area contributed by atoms with Crippen molar-refractivity contribution >= 4 is 29.2 Å². The van der Waals surface area contributed by atoms with E-state index in [9.17, 15) is 9.90 Å². The van der Waals surface area contributed by atoms with Gasteiger partial charge in [-0.25, -0.2) is 5.43 Å². The number of nitrogens with zero attached hydrogens (tertiary/aromatic N) is 1. The molecule has 0 fully saturated rings. The molecule has 0 saturated carbocycles. The van der Waals surface area contributed by atoms with Gasteiger partial charge < -0.3 is 19.0 Å². The molecule has 29 heavy (non-hydrogen) atoms. The first-order valence-electron chi connectivity index (χ1n) is 9.01. The van der Waals surface area contributed by atoms with Gasteiger partial charge in [0.05, 0.1) is 18.9 Å². The van der Waals surface area contributed by atoms with Gasteiger partial charge in [-0.05, 0) is 62.4 Å². The lowest BCUT2D eigenvalue weighted by Gasteiger charge is -2.27. The monoisotopic (exact) mass is 392 g/mol. The molecule has 0 unspecified atom stereocenters. The molecule has 1 aliphatic heterocycles. The van der Waals surface area contributed by atoms with E-state index in [1.807, 2.05) is 38.1 Å². The third kappa shape index (κ3) is 3.67. The van der Waals surface area contributed by atoms with Gasteiger partial charge in [0.25, 0.3) is 0 Å². The van der Waals surface area contributed by atoms with Gasteiger partial charge >= 0.3 is 5.91 Å². The molecule has 4 rings (SSSR count). The van der Waals surface area contributed by atoms with Crippen LogP contribution in [-0.2, 0) is 0 Å². The molecule has 2 N–H and O–H groups in total. The Labute approximate surface area is 167 Å². The van der Waals surface area contributed by atoms with E-state index in [4.69, 9.17) is 13.9 Å². The number of methoxy groups -OCH3 is 1. The molecule has 1 aliphatic rings. The highest BCUT2D eigenvalue weighted by atomic mass is 16.5. The molecule has 1 aromatic heterocycles. The summed E-state index contributed by atoms with van der Waals surface area (Å²) < 4.78 is 16.8. The van der Waals surface area contributed by atoms with Crippen LogP contribution in [0.2, 0.25) is 0 Å². The summed E-state index contributed by atoms with van der Waals surface area (Å²) in [6.45, 7) is 3.94. The van der Waals surface area contributed by atoms with Gasteiger partial charge in [0.15, 0.2) is 5.76 Å². The Morgan fingerprint density at radius 1 is 1.24 bits per heavy atom. The quantitative estimate of drug-likeness (QED) is 0.515. The Balaban J connectivity index is 1.55. The van der Waals surface area contributed by atoms with Crippen LogP contribution < -0.4 is 14.9 Å². The fourth-order valence-corrected chi connectivity index (χ4v) is 3.05. The van der Waals surface area contributed by atoms with E-state index in [1.165, 1.54) is 19.4 Å². The van der Waals surface area contributed by atoms with Gasteiger partial charge in [-0.1, -0.05) is 0 Å². The average Bonchev–Trinajstić information content (AvgIpc) is 3.13. The fourth-order valence-electron chi connectivity index (χ4n) is 3.05. The van der Waals surface area contributed by atoms with Gasteiger partial charge in [0, 0.05) is 10.9 Å². The van der Waals surface area contributed by atoms with Gasteiger partial charge in [-0.3, -0.25) is 4.79 Å². The zero-order chi connectivity index (χ0) is 20.6. The minimum atomic E-state index is -0.505. The zero-order valence-corrected chi connectivity index (χ0v) is 16.2. The number of furan rings is 1. The molecule has 2 aromatic carbocycles. The number of aromatic hydroxyl groups is 1. The molecule has 7 nitrogen and oxygen atoms in total. The molecular weight excluding hydrogens is 372 g/mol. The zero-order valence-electron chi connectivity index (χ0n) is 16.2. The van der Waals surface area contributed by atoms with E-state index in [2.05, 4.69) is 10.5 Å². The van der Waals surface area contributed by atoms with Crippen molar-refractivity contribution in [3.05, 3.63) is 59.4 Å². The highest BCUT2D eigenvalue weighted by molar-refractivity contribution is 5.99. The van der Waals surface area contributed by atoms with Crippen LogP contribution in [0.15, 0.2) is 52.0 Å². The molecular formula is C22H20N2O5. The minimum absolute atomic E-state index is 0.0221. The number of ether oxygens (including phenoxy) is 2. The van der Waals surface area contributed by atoms with Crippen LogP contribution in [0, 0.1) is 0 Å². The molecule has 1 amide bonds. The van der Waals surface area contributed by atoms with Crippen LogP contribution in [0.5, 0.6) is 17.2 Å². The number of hydrogen-bond donors (Lipinski definition) is 2. The highest BCUT2D eigenvalue weighted by Gasteiger charge is 2.24. The Morgan fingerprint density at radius 3 is 2.86 bits per heavy atom. The third-order valence-electron chi connectivity index (χ3n) is 4.54. The van der Waals surface area contributed by atoms with Crippen LogP contribution >= 0.6 is 0 Å². The smallest absolute Gasteiger partial charge is 0.307 e. The number of phenolic OH excluding ortho intramolecular Hbond substituents is 1. The largest absolute Gasteiger partial charge is 0.507 e. The van der Waals surface area contributed by atoms with Gasteiger partial charge in [-0.15, -0.1) is 0 Å². The van der Waals surface area contributed by atoms with Crippen LogP contribution in [-0.4, -0.2) is 29.9 Å². The summed E-state index contributed by atoms with van der Waals surface area (Å²) in [6.07, 6.45) is 5.22. The van der Waals surface area contributed by atoms with Crippen molar-refractivity contribution in [3.8, 4) is 17.2 Å². The topological polar surface area (TPSA) is 93.3 Å². The molecule has 3 aromatic rings. The number of hydrazone groups is 1. The maximum Gasteiger partial charge on any atom is 0.307 e. The SMILES string of the molecule is COc1ccc(O)c(/C=N/NC(=O)c2cc3ccc4c(c3o2)C=CC(C)(C)O4)c1. The van der Waals surface area contributed by atoms with Gasteiger partial charge in [0.1, 0.15) is 28.4 Å². The van der Waals surface area contributed by atoms with Crippen molar-refractivity contribution in [2.45, 2.75) is 19.4 Å². The number of benzene rings is 2. The fraction of sp³-hybridized carbons (Fsp3) is 0.182. The predicted molar refractivity (Wildman–Crippen MR) is 110 cm³/mol. The number of hydrogen-bond acceptors (Lipinski definition) is 6. The molecule has 0 saturated heterocycles. The van der Waals surface area contributed by atoms with Gasteiger partial charge in [0.2, 0.25) is 0 Å². The molecule has 2 heterocycles. The van der Waals surface area contributed by atoms with Crippen LogP contribution in [0.4, 0.5) is 0 Å². The van der Waals surface area contributed by atoms with Crippen molar-refractivity contribution in [1.82, 2.24) is 5.43 Å². The third-order valence-corrected chi connectivity index (χ3v) is 4.54. The molecule has 0 atom stereocenters. The van der Waals surface area contributed by atoms with E-state index in [1.54, 1.807) is 18.2 Å². The summed E-state index contributed by atoms with van der Waals surface area (Å²) in [5.74, 6) is 0.913. The van der Waals surface area contributed by atoms with Crippen molar-refractivity contribution < 1.29 is 23.8 Å². The summed E-state index contributed by atoms with van der Waals surface area (Å²) in [7, 11) is 1.52. The lowest BCUT2D eigenvalue weighted by molar-refractivity contribution is 0.0929. The number of carbonyl (C=O) groups excluding carboxylic acids is 1. The first-order valence-corrected chi connectivity index (χ1v) is 9.01. The summed E-state index contributed by atoms with van der Waals surface area (Å²) in [5.41, 5.74) is 3.79. The van der Waals surface area contributed by atoms with Crippen LogP contribution in [0.1, 0.15) is 35.5 Å². The normalized spacial score (nSPS) is 14.6. The minimum Gasteiger partial charge on any atom is -0.507 e. The number of carbonyl (C=O) groups is 1. The molecule has 0 bridgehead atoms. The first kappa shape index (κ1) is 18.6. The number of fused-ring (bicyclic) bond motifs is 3. The van der Waals surface area contributed by atoms with Crippen LogP contribution in [0.3, 0.4) is 0 Å². The average molecular weight is 392 g/mol. The summed E-state index contributed by atoms with van der Waals surface area (Å²) in [4.78, 5) is 12.4. The Bertz CT molecular complexity index is 1160. The Morgan fingerprint density at radius 2 is 2.07 bits per heavy atom. The summed E-state index contributed by atoms with van der Waals surface area (Å²) in [5, 5.41) is 14.5. The van der Waals surface area contributed by atoms with E-state index in [-0.39, 0.29) is 11.5 Å². The molecule has 0 radical (unpaired) electrons. The lowest BCUT2D eigenvalue weighted by atomic mass is 10.0. The van der Waals surface area contributed by atoms with E-state index in [0.29, 0.717) is 22.6 Å². The molecule has 0 spiro atoms. The van der Waals surface area contributed by atoms with E-state index < -0.39 is 11.5 Å². The van der Waals surface area contributed by atoms with Crippen molar-refractivity contribution in [2.24, 2.45) is 5.10 Å². The van der Waals surface area contributed by atoms with Crippen molar-refractivity contribution in [3.63, 3.8) is 0 Å². The second-order valence-corrected chi connectivity index (χ2v) is 7.17. The summed E-state index contributed by atoms with van der Waals surface area (Å²) >= 11 is 0. The van der Waals surface area contributed by atoms with E-state index in [0.717, 1.165) is 10.9 Å². The number of amides is 1. The van der Waals surface area contributed by atoms with Crippen LogP contribution in [0.25, 0.3) is 17.0 Å². The Hall–Kier alpha value is -3.74. The highest BCUT2D eigenvalue weighted by Crippen LogP contribution is 2.37. The maximum atomic E-state index is 12.4. The second kappa shape index (κ2) is 7.01. The van der Waals surface area contributed by atoms with Crippen molar-refractivity contribution in [1.29, 1.82) is 0 Å². The molecule has 0 aliphatic carbocycles. The number of nitrogens with one attached hydrogen (secondary N) is 1. The first-order chi connectivity index (χ1) is 13.9. The maximum absolute atomic E-state index is 12.4. The molecule has 148 valence electrons. The summed E-state index contributed by atoms with van der Waals surface area (Å²) in [6, 6.07) is 10.1. The lowest BCUT2D eigenvalue weighted by Crippen LogP contribution is -2.27. The number of rotatable bonds is 4. The molecule has 7 heteroatoms. The van der Waals surface area contributed by atoms with E-state index >= 15 is 0 Å². The Kier molecular flexibility index (Phi) is 4.50. The predicted octanol–water partition coefficient (Wildman–Crippen LogP) is 4.10. The van der Waals surface area contributed by atoms with Gasteiger partial charge in [-0.2, -0.15) is 5.10 Å². The number of phenols is 1. The van der Waals surface area contributed by atoms with Crippen molar-refractivity contribution in [2.75, 3.05) is 7.11 Å².